The van der Waals surface area contributed by atoms with Crippen molar-refractivity contribution in [3.63, 3.8) is 0 Å². The molecule has 27 heavy (non-hydrogen) atoms. The van der Waals surface area contributed by atoms with Crippen LogP contribution in [0.2, 0.25) is 0 Å². The molecule has 0 aromatic heterocycles. The summed E-state index contributed by atoms with van der Waals surface area (Å²) in [5.41, 5.74) is -4.62. The van der Waals surface area contributed by atoms with E-state index in [4.69, 9.17) is 0 Å². The first-order chi connectivity index (χ1) is 12.5. The Balaban J connectivity index is 1.89. The number of amides is 1. The summed E-state index contributed by atoms with van der Waals surface area (Å²) in [4.78, 5) is 13.5. The van der Waals surface area contributed by atoms with Crippen LogP contribution in [0.25, 0.3) is 0 Å². The van der Waals surface area contributed by atoms with Gasteiger partial charge in [-0.25, -0.2) is 0 Å². The minimum Gasteiger partial charge on any atom is -0.295 e. The summed E-state index contributed by atoms with van der Waals surface area (Å²) in [6.07, 6.45) is -4.51. The van der Waals surface area contributed by atoms with E-state index in [9.17, 15) is 31.1 Å². The van der Waals surface area contributed by atoms with Gasteiger partial charge in [-0.1, -0.05) is 12.1 Å². The molecule has 1 unspecified atom stereocenters. The molecule has 0 radical (unpaired) electrons. The molecule has 1 aliphatic rings. The highest BCUT2D eigenvalue weighted by molar-refractivity contribution is 8.01. The van der Waals surface area contributed by atoms with Crippen LogP contribution in [0.15, 0.2) is 53.4 Å². The summed E-state index contributed by atoms with van der Waals surface area (Å²) in [5.74, 6) is -0.251. The van der Waals surface area contributed by atoms with Crippen LogP contribution < -0.4 is 4.90 Å². The molecular weight excluding hydrogens is 412 g/mol. The number of rotatable bonds is 3. The van der Waals surface area contributed by atoms with Crippen molar-refractivity contribution in [2.45, 2.75) is 22.0 Å². The van der Waals surface area contributed by atoms with Crippen LogP contribution in [0.1, 0.15) is 16.5 Å². The monoisotopic (exact) mass is 423 g/mol. The number of hydrogen-bond donors (Lipinski definition) is 0. The maximum atomic E-state index is 12.9. The number of thioether (sulfide) groups is 2. The van der Waals surface area contributed by atoms with Crippen LogP contribution in [-0.4, -0.2) is 17.2 Å². The molecule has 1 saturated heterocycles. The normalized spacial score (nSPS) is 18.2. The number of carbonyl (C=O) groups excluding carboxylic acids is 1. The van der Waals surface area contributed by atoms with E-state index in [1.54, 1.807) is 0 Å². The fraction of sp³-hybridized carbons (Fsp3) is 0.235. The first-order valence-corrected chi connectivity index (χ1v) is 9.38. The molecule has 2 aromatic rings. The Morgan fingerprint density at radius 3 is 2.26 bits per heavy atom. The minimum absolute atomic E-state index is 0.0406. The van der Waals surface area contributed by atoms with E-state index in [0.29, 0.717) is 11.3 Å². The van der Waals surface area contributed by atoms with Gasteiger partial charge in [0.1, 0.15) is 5.37 Å². The minimum atomic E-state index is -4.51. The van der Waals surface area contributed by atoms with E-state index < -0.39 is 22.6 Å². The number of carbonyl (C=O) groups is 1. The Kier molecular flexibility index (Phi) is 5.40. The zero-order valence-corrected chi connectivity index (χ0v) is 15.0. The molecular formula is C17H11F6NOS2. The molecule has 1 fully saturated rings. The van der Waals surface area contributed by atoms with E-state index >= 15 is 0 Å². The lowest BCUT2D eigenvalue weighted by atomic mass is 10.1. The van der Waals surface area contributed by atoms with Gasteiger partial charge in [-0.05, 0) is 53.7 Å². The number of anilines is 1. The fourth-order valence-electron chi connectivity index (χ4n) is 2.63. The van der Waals surface area contributed by atoms with E-state index in [1.807, 2.05) is 0 Å². The summed E-state index contributed by atoms with van der Waals surface area (Å²) in [5, 5.41) is -0.680. The number of hydrogen-bond acceptors (Lipinski definition) is 3. The molecule has 1 heterocycles. The molecule has 1 aliphatic heterocycles. The van der Waals surface area contributed by atoms with E-state index in [2.05, 4.69) is 0 Å². The summed E-state index contributed by atoms with van der Waals surface area (Å²) in [6, 6.07) is 9.86. The van der Waals surface area contributed by atoms with Gasteiger partial charge in [-0.2, -0.15) is 26.3 Å². The van der Waals surface area contributed by atoms with Crippen LogP contribution in [0, 0.1) is 0 Å². The Hall–Kier alpha value is -1.81. The maximum absolute atomic E-state index is 12.9. The van der Waals surface area contributed by atoms with Crippen LogP contribution in [0.3, 0.4) is 0 Å². The predicted molar refractivity (Wildman–Crippen MR) is 92.5 cm³/mol. The predicted octanol–water partition coefficient (Wildman–Crippen LogP) is 6.10. The molecule has 0 saturated carbocycles. The molecule has 2 aromatic carbocycles. The number of halogens is 6. The highest BCUT2D eigenvalue weighted by atomic mass is 32.2. The Bertz CT molecular complexity index is 835. The third-order valence-corrected chi connectivity index (χ3v) is 5.67. The van der Waals surface area contributed by atoms with Gasteiger partial charge in [0.25, 0.3) is 0 Å². The van der Waals surface area contributed by atoms with Gasteiger partial charge in [-0.15, -0.1) is 11.8 Å². The molecule has 0 spiro atoms. The van der Waals surface area contributed by atoms with Gasteiger partial charge in [0.2, 0.25) is 5.91 Å². The van der Waals surface area contributed by atoms with Crippen molar-refractivity contribution in [3.8, 4) is 0 Å². The standard InChI is InChI=1S/C17H11F6NOS2/c18-16(19,20)11-3-1-2-10(8-11)15-24(14(25)9-26-15)12-4-6-13(7-5-12)27-17(21,22)23/h1-8,15H,9H2. The number of nitrogens with zero attached hydrogens (tertiary/aromatic N) is 1. The third kappa shape index (κ3) is 4.73. The zero-order valence-electron chi connectivity index (χ0n) is 13.3. The van der Waals surface area contributed by atoms with E-state index in [0.717, 1.165) is 23.9 Å². The smallest absolute Gasteiger partial charge is 0.295 e. The van der Waals surface area contributed by atoms with Crippen molar-refractivity contribution in [3.05, 3.63) is 59.7 Å². The average Bonchev–Trinajstić information content (AvgIpc) is 2.95. The maximum Gasteiger partial charge on any atom is 0.446 e. The highest BCUT2D eigenvalue weighted by Crippen LogP contribution is 2.44. The summed E-state index contributed by atoms with van der Waals surface area (Å²) >= 11 is 0.885. The lowest BCUT2D eigenvalue weighted by Crippen LogP contribution is -2.27. The summed E-state index contributed by atoms with van der Waals surface area (Å²) in [6.45, 7) is 0. The van der Waals surface area contributed by atoms with Crippen LogP contribution >= 0.6 is 23.5 Å². The molecule has 144 valence electrons. The van der Waals surface area contributed by atoms with Gasteiger partial charge < -0.3 is 0 Å². The topological polar surface area (TPSA) is 20.3 Å². The second kappa shape index (κ2) is 7.31. The molecule has 10 heteroatoms. The Labute approximate surface area is 158 Å². The zero-order chi connectivity index (χ0) is 19.8. The van der Waals surface area contributed by atoms with Gasteiger partial charge >= 0.3 is 11.7 Å². The van der Waals surface area contributed by atoms with Gasteiger partial charge in [0.05, 0.1) is 11.3 Å². The first kappa shape index (κ1) is 19.9. The van der Waals surface area contributed by atoms with Crippen molar-refractivity contribution < 1.29 is 31.1 Å². The first-order valence-electron chi connectivity index (χ1n) is 7.51. The van der Waals surface area contributed by atoms with E-state index in [1.165, 1.54) is 41.3 Å². The Morgan fingerprint density at radius 1 is 1.00 bits per heavy atom. The van der Waals surface area contributed by atoms with Crippen molar-refractivity contribution in [1.29, 1.82) is 0 Å². The molecule has 0 bridgehead atoms. The molecule has 1 amide bonds. The third-order valence-electron chi connectivity index (χ3n) is 3.72. The SMILES string of the molecule is O=C1CSC(c2cccc(C(F)(F)F)c2)N1c1ccc(SC(F)(F)F)cc1. The molecule has 0 aliphatic carbocycles. The van der Waals surface area contributed by atoms with Gasteiger partial charge in [-0.3, -0.25) is 9.69 Å². The molecule has 1 atom stereocenters. The summed E-state index contributed by atoms with van der Waals surface area (Å²) < 4.78 is 76.1. The lowest BCUT2D eigenvalue weighted by Gasteiger charge is -2.25. The quantitative estimate of drug-likeness (QED) is 0.440. The van der Waals surface area contributed by atoms with Gasteiger partial charge in [0, 0.05) is 10.6 Å². The second-order valence-electron chi connectivity index (χ2n) is 5.59. The molecule has 3 rings (SSSR count). The van der Waals surface area contributed by atoms with Crippen LogP contribution in [0.5, 0.6) is 0 Å². The molecule has 2 nitrogen and oxygen atoms in total. The molecule has 0 N–H and O–H groups in total. The fourth-order valence-corrected chi connectivity index (χ4v) is 4.33. The highest BCUT2D eigenvalue weighted by Gasteiger charge is 2.36. The van der Waals surface area contributed by atoms with Crippen molar-refractivity contribution >= 4 is 35.1 Å². The lowest BCUT2D eigenvalue weighted by molar-refractivity contribution is -0.137. The second-order valence-corrected chi connectivity index (χ2v) is 7.80. The van der Waals surface area contributed by atoms with Crippen molar-refractivity contribution in [2.24, 2.45) is 0 Å². The van der Waals surface area contributed by atoms with Gasteiger partial charge in [0.15, 0.2) is 0 Å². The van der Waals surface area contributed by atoms with Crippen molar-refractivity contribution in [1.82, 2.24) is 0 Å². The van der Waals surface area contributed by atoms with Crippen molar-refractivity contribution in [2.75, 3.05) is 10.7 Å². The number of benzene rings is 2. The Morgan fingerprint density at radius 2 is 1.67 bits per heavy atom. The largest absolute Gasteiger partial charge is 0.446 e. The van der Waals surface area contributed by atoms with Crippen LogP contribution in [0.4, 0.5) is 32.0 Å². The number of alkyl halides is 6. The van der Waals surface area contributed by atoms with Crippen LogP contribution in [-0.2, 0) is 11.0 Å². The average molecular weight is 423 g/mol. The summed E-state index contributed by atoms with van der Waals surface area (Å²) in [7, 11) is 0. The van der Waals surface area contributed by atoms with E-state index in [-0.39, 0.29) is 28.3 Å².